The van der Waals surface area contributed by atoms with Crippen LogP contribution in [0.3, 0.4) is 0 Å². The van der Waals surface area contributed by atoms with Crippen molar-refractivity contribution in [1.82, 2.24) is 0 Å². The minimum Gasteiger partial charge on any atom is -0.354 e. The van der Waals surface area contributed by atoms with Gasteiger partial charge in [0.2, 0.25) is 0 Å². The highest BCUT2D eigenvalue weighted by molar-refractivity contribution is 7.53. The molecule has 2 rings (SSSR count). The van der Waals surface area contributed by atoms with Crippen molar-refractivity contribution in [3.63, 3.8) is 0 Å². The van der Waals surface area contributed by atoms with Crippen molar-refractivity contribution in [3.8, 4) is 0 Å². The molecule has 7 heteroatoms. The number of anilines is 1. The molecule has 0 unspecified atom stereocenters. The van der Waals surface area contributed by atoms with Crippen LogP contribution < -0.4 is 5.32 Å². The molecule has 0 aromatic heterocycles. The van der Waals surface area contributed by atoms with Crippen LogP contribution in [0.1, 0.15) is 19.4 Å². The van der Waals surface area contributed by atoms with E-state index in [1.54, 1.807) is 38.1 Å². The molecular weight excluding hydrogens is 269 g/mol. The first kappa shape index (κ1) is 14.2. The molecule has 0 saturated carbocycles. The van der Waals surface area contributed by atoms with Gasteiger partial charge in [-0.3, -0.25) is 13.9 Å². The number of benzene rings is 1. The number of carbonyl (C=O) groups is 1. The van der Waals surface area contributed by atoms with Gasteiger partial charge in [0.15, 0.2) is 0 Å². The second kappa shape index (κ2) is 5.06. The Hall–Kier alpha value is -1.20. The molecule has 1 aromatic carbocycles. The molecule has 1 aliphatic rings. The highest BCUT2D eigenvalue weighted by Gasteiger charge is 2.51. The maximum Gasteiger partial charge on any atom is 0.333 e. The fourth-order valence-electron chi connectivity index (χ4n) is 1.89. The molecule has 2 N–H and O–H groups in total. The van der Waals surface area contributed by atoms with Crippen LogP contribution in [0.15, 0.2) is 24.3 Å². The quantitative estimate of drug-likeness (QED) is 0.639. The van der Waals surface area contributed by atoms with E-state index in [0.29, 0.717) is 5.69 Å². The van der Waals surface area contributed by atoms with Gasteiger partial charge in [-0.1, -0.05) is 25.1 Å². The lowest BCUT2D eigenvalue weighted by molar-refractivity contribution is -0.172. The first-order valence-electron chi connectivity index (χ1n) is 6.03. The number of hydrogen-bond acceptors (Lipinski definition) is 5. The Bertz CT molecular complexity index is 547. The summed E-state index contributed by atoms with van der Waals surface area (Å²) in [5, 5.41) is 12.9. The zero-order valence-corrected chi connectivity index (χ0v) is 11.6. The number of carbonyl (C=O) groups excluding carboxylic acids is 1. The summed E-state index contributed by atoms with van der Waals surface area (Å²) in [6.07, 6.45) is 0.0681. The predicted molar refractivity (Wildman–Crippen MR) is 69.8 cm³/mol. The third-order valence-corrected chi connectivity index (χ3v) is 4.80. The van der Waals surface area contributed by atoms with E-state index in [2.05, 4.69) is 5.32 Å². The average Bonchev–Trinajstić information content (AvgIpc) is 2.62. The fraction of sp³-hybridized carbons (Fsp3) is 0.417. The molecule has 1 aliphatic heterocycles. The molecule has 0 spiro atoms. The van der Waals surface area contributed by atoms with Gasteiger partial charge in [-0.2, -0.15) is 0 Å². The molecular formula is C12H16NO5P. The van der Waals surface area contributed by atoms with Crippen LogP contribution in [0, 0.1) is 0 Å². The van der Waals surface area contributed by atoms with Crippen LogP contribution in [-0.2, 0) is 24.2 Å². The maximum absolute atomic E-state index is 12.3. The number of rotatable bonds is 5. The molecule has 0 saturated heterocycles. The van der Waals surface area contributed by atoms with Gasteiger partial charge in [0, 0.05) is 11.7 Å². The SMILES string of the molecule is CCO[P@@](=O)(CC)O[C@@]1(O)C(=O)Nc2ccccc21. The Balaban J connectivity index is 2.38. The van der Waals surface area contributed by atoms with E-state index in [9.17, 15) is 14.5 Å². The maximum atomic E-state index is 12.3. The van der Waals surface area contributed by atoms with Crippen LogP contribution >= 0.6 is 7.60 Å². The summed E-state index contributed by atoms with van der Waals surface area (Å²) < 4.78 is 22.6. The number of aliphatic hydroxyl groups is 1. The summed E-state index contributed by atoms with van der Waals surface area (Å²) in [6.45, 7) is 3.45. The van der Waals surface area contributed by atoms with Crippen LogP contribution in [-0.4, -0.2) is 23.8 Å². The Morgan fingerprint density at radius 3 is 2.68 bits per heavy atom. The first-order chi connectivity index (χ1) is 8.95. The van der Waals surface area contributed by atoms with Crippen molar-refractivity contribution >= 4 is 19.2 Å². The predicted octanol–water partition coefficient (Wildman–Crippen LogP) is 2.05. The zero-order valence-electron chi connectivity index (χ0n) is 10.8. The summed E-state index contributed by atoms with van der Waals surface area (Å²) >= 11 is 0. The van der Waals surface area contributed by atoms with Crippen LogP contribution in [0.25, 0.3) is 0 Å². The van der Waals surface area contributed by atoms with Crippen molar-refractivity contribution in [2.75, 3.05) is 18.1 Å². The van der Waals surface area contributed by atoms with E-state index in [1.165, 1.54) is 0 Å². The Morgan fingerprint density at radius 2 is 2.05 bits per heavy atom. The average molecular weight is 285 g/mol. The highest BCUT2D eigenvalue weighted by atomic mass is 31.2. The van der Waals surface area contributed by atoms with Gasteiger partial charge in [-0.05, 0) is 13.0 Å². The van der Waals surface area contributed by atoms with Crippen LogP contribution in [0.4, 0.5) is 5.69 Å². The molecule has 0 fully saturated rings. The van der Waals surface area contributed by atoms with Gasteiger partial charge in [0.25, 0.3) is 11.7 Å². The van der Waals surface area contributed by atoms with Gasteiger partial charge < -0.3 is 14.9 Å². The number of para-hydroxylation sites is 1. The Kier molecular flexibility index (Phi) is 3.78. The van der Waals surface area contributed by atoms with E-state index >= 15 is 0 Å². The van der Waals surface area contributed by atoms with Crippen LogP contribution in [0.5, 0.6) is 0 Å². The van der Waals surface area contributed by atoms with Gasteiger partial charge in [0.05, 0.1) is 12.3 Å². The lowest BCUT2D eigenvalue weighted by Gasteiger charge is -2.26. The number of hydrogen-bond donors (Lipinski definition) is 2. The van der Waals surface area contributed by atoms with Gasteiger partial charge in [0.1, 0.15) is 0 Å². The molecule has 1 amide bonds. The first-order valence-corrected chi connectivity index (χ1v) is 7.75. The van der Waals surface area contributed by atoms with Crippen molar-refractivity contribution in [2.45, 2.75) is 19.6 Å². The fourth-order valence-corrected chi connectivity index (χ4v) is 3.23. The van der Waals surface area contributed by atoms with E-state index < -0.39 is 19.3 Å². The topological polar surface area (TPSA) is 84.9 Å². The third kappa shape index (κ3) is 2.44. The number of nitrogens with one attached hydrogen (secondary N) is 1. The standard InChI is InChI=1S/C12H16NO5P/c1-3-17-19(16,4-2)18-12(15)9-7-5-6-8-10(9)13-11(12)14/h5-8,15H,3-4H2,1-2H3,(H,13,14)/t12-,19+/m1/s1. The van der Waals surface area contributed by atoms with E-state index in [4.69, 9.17) is 9.05 Å². The van der Waals surface area contributed by atoms with Crippen LogP contribution in [0.2, 0.25) is 0 Å². The van der Waals surface area contributed by atoms with Crippen molar-refractivity contribution in [1.29, 1.82) is 0 Å². The summed E-state index contributed by atoms with van der Waals surface area (Å²) in [7, 11) is -3.52. The van der Waals surface area contributed by atoms with Gasteiger partial charge >= 0.3 is 7.60 Å². The Morgan fingerprint density at radius 1 is 1.37 bits per heavy atom. The molecule has 2 atom stereocenters. The smallest absolute Gasteiger partial charge is 0.333 e. The summed E-state index contributed by atoms with van der Waals surface area (Å²) in [5.74, 6) is -3.03. The van der Waals surface area contributed by atoms with Crippen molar-refractivity contribution in [3.05, 3.63) is 29.8 Å². The zero-order chi connectivity index (χ0) is 14.1. The molecule has 1 aromatic rings. The molecule has 0 radical (unpaired) electrons. The molecule has 19 heavy (non-hydrogen) atoms. The highest BCUT2D eigenvalue weighted by Crippen LogP contribution is 2.54. The molecule has 1 heterocycles. The minimum atomic E-state index is -3.52. The van der Waals surface area contributed by atoms with E-state index in [-0.39, 0.29) is 18.3 Å². The summed E-state index contributed by atoms with van der Waals surface area (Å²) in [6, 6.07) is 6.54. The third-order valence-electron chi connectivity index (χ3n) is 2.83. The van der Waals surface area contributed by atoms with Crippen molar-refractivity contribution in [2.24, 2.45) is 0 Å². The molecule has 0 aliphatic carbocycles. The second-order valence-electron chi connectivity index (χ2n) is 4.08. The van der Waals surface area contributed by atoms with E-state index in [1.807, 2.05) is 0 Å². The number of fused-ring (bicyclic) bond motifs is 1. The van der Waals surface area contributed by atoms with Crippen molar-refractivity contribution < 1.29 is 23.5 Å². The monoisotopic (exact) mass is 285 g/mol. The second-order valence-corrected chi connectivity index (χ2v) is 6.37. The number of amides is 1. The van der Waals surface area contributed by atoms with E-state index in [0.717, 1.165) is 0 Å². The molecule has 104 valence electrons. The Labute approximate surface area is 111 Å². The summed E-state index contributed by atoms with van der Waals surface area (Å²) in [4.78, 5) is 11.9. The lowest BCUT2D eigenvalue weighted by atomic mass is 10.1. The summed E-state index contributed by atoms with van der Waals surface area (Å²) in [5.41, 5.74) is 0.683. The van der Waals surface area contributed by atoms with Gasteiger partial charge in [-0.15, -0.1) is 0 Å². The largest absolute Gasteiger partial charge is 0.354 e. The molecule has 6 nitrogen and oxygen atoms in total. The lowest BCUT2D eigenvalue weighted by Crippen LogP contribution is -2.36. The molecule has 0 bridgehead atoms. The minimum absolute atomic E-state index is 0.0681. The normalized spacial score (nSPS) is 24.7. The van der Waals surface area contributed by atoms with Gasteiger partial charge in [-0.25, -0.2) is 0 Å².